The van der Waals surface area contributed by atoms with Crippen molar-refractivity contribution in [1.29, 1.82) is 0 Å². The van der Waals surface area contributed by atoms with E-state index in [2.05, 4.69) is 36.2 Å². The van der Waals surface area contributed by atoms with Crippen LogP contribution in [0.25, 0.3) is 11.3 Å². The molecule has 9 heteroatoms. The molecule has 3 aromatic rings. The maximum Gasteiger partial charge on any atom is 0.151 e. The maximum atomic E-state index is 14.8. The van der Waals surface area contributed by atoms with Crippen LogP contribution in [0, 0.1) is 11.6 Å². The quantitative estimate of drug-likeness (QED) is 0.630. The molecule has 2 aliphatic heterocycles. The van der Waals surface area contributed by atoms with Gasteiger partial charge in [-0.15, -0.1) is 0 Å². The molecule has 126 valence electrons. The molecule has 0 bridgehead atoms. The fraction of sp³-hybridized carbons (Fsp3) is 0.188. The molecule has 0 unspecified atom stereocenters. The first-order chi connectivity index (χ1) is 12.1. The van der Waals surface area contributed by atoms with Crippen LogP contribution >= 0.6 is 15.9 Å². The summed E-state index contributed by atoms with van der Waals surface area (Å²) in [5, 5.41) is 11.3. The van der Waals surface area contributed by atoms with Gasteiger partial charge in [-0.2, -0.15) is 10.2 Å². The number of aryl methyl sites for hydroxylation is 1. The van der Waals surface area contributed by atoms with Gasteiger partial charge in [0.05, 0.1) is 33.7 Å². The van der Waals surface area contributed by atoms with Gasteiger partial charge < -0.3 is 4.90 Å². The Morgan fingerprint density at radius 1 is 1.16 bits per heavy atom. The van der Waals surface area contributed by atoms with E-state index in [0.717, 1.165) is 24.3 Å². The van der Waals surface area contributed by atoms with E-state index in [1.165, 1.54) is 12.1 Å². The summed E-state index contributed by atoms with van der Waals surface area (Å²) in [6.45, 7) is 1.34. The molecule has 5 rings (SSSR count). The zero-order valence-electron chi connectivity index (χ0n) is 12.8. The molecule has 1 aromatic carbocycles. The summed E-state index contributed by atoms with van der Waals surface area (Å²) in [6, 6.07) is 2.58. The molecule has 0 radical (unpaired) electrons. The molecule has 0 saturated heterocycles. The summed E-state index contributed by atoms with van der Waals surface area (Å²) in [5.41, 5.74) is 1.88. The molecule has 0 aliphatic carbocycles. The third-order valence-electron chi connectivity index (χ3n) is 4.46. The highest BCUT2D eigenvalue weighted by Crippen LogP contribution is 2.41. The maximum absolute atomic E-state index is 14.8. The smallest absolute Gasteiger partial charge is 0.151 e. The number of hydrogen-bond acceptors (Lipinski definition) is 4. The fourth-order valence-electron chi connectivity index (χ4n) is 3.35. The van der Waals surface area contributed by atoms with E-state index in [4.69, 9.17) is 0 Å². The third-order valence-corrected chi connectivity index (χ3v) is 5.07. The van der Waals surface area contributed by atoms with Crippen molar-refractivity contribution in [2.24, 2.45) is 4.99 Å². The van der Waals surface area contributed by atoms with Crippen LogP contribution in [-0.2, 0) is 6.54 Å². The number of H-pyrrole nitrogens is 1. The van der Waals surface area contributed by atoms with Gasteiger partial charge in [0, 0.05) is 13.1 Å². The van der Waals surface area contributed by atoms with Crippen LogP contribution in [0.5, 0.6) is 0 Å². The van der Waals surface area contributed by atoms with Gasteiger partial charge in [-0.1, -0.05) is 0 Å². The summed E-state index contributed by atoms with van der Waals surface area (Å²) in [7, 11) is 0. The number of hydrogen-bond donors (Lipinski definition) is 1. The number of aromatic amines is 1. The first kappa shape index (κ1) is 14.8. The van der Waals surface area contributed by atoms with Gasteiger partial charge in [0.1, 0.15) is 23.2 Å². The lowest BCUT2D eigenvalue weighted by Gasteiger charge is -2.30. The molecule has 2 aliphatic rings. The molecular formula is C16H11BrF2N6. The minimum atomic E-state index is -0.677. The molecule has 25 heavy (non-hydrogen) atoms. The third kappa shape index (κ3) is 2.02. The number of aliphatic imine (C=N–C) groups is 1. The van der Waals surface area contributed by atoms with E-state index in [0.29, 0.717) is 17.9 Å². The van der Waals surface area contributed by atoms with Crippen molar-refractivity contribution >= 4 is 33.3 Å². The Hall–Kier alpha value is -2.55. The molecule has 0 amide bonds. The lowest BCUT2D eigenvalue weighted by Crippen LogP contribution is -2.39. The molecule has 0 spiro atoms. The van der Waals surface area contributed by atoms with Crippen LogP contribution in [0.15, 0.2) is 34.0 Å². The average molecular weight is 405 g/mol. The Labute approximate surface area is 149 Å². The Morgan fingerprint density at radius 2 is 2.04 bits per heavy atom. The van der Waals surface area contributed by atoms with Crippen molar-refractivity contribution in [1.82, 2.24) is 20.0 Å². The van der Waals surface area contributed by atoms with Crippen molar-refractivity contribution in [2.45, 2.75) is 13.0 Å². The van der Waals surface area contributed by atoms with Crippen LogP contribution in [0.4, 0.5) is 20.3 Å². The SMILES string of the molecule is Fc1ccc(Br)c(F)c1C1=Nc2cn[nH]c2-c2cnn3c2N1CCC3. The van der Waals surface area contributed by atoms with Gasteiger partial charge in [0.2, 0.25) is 0 Å². The minimum absolute atomic E-state index is 0.163. The number of rotatable bonds is 1. The summed E-state index contributed by atoms with van der Waals surface area (Å²) in [5.74, 6) is -0.348. The second kappa shape index (κ2) is 5.22. The van der Waals surface area contributed by atoms with E-state index in [-0.39, 0.29) is 15.9 Å². The summed E-state index contributed by atoms with van der Waals surface area (Å²) in [4.78, 5) is 6.38. The number of benzene rings is 1. The topological polar surface area (TPSA) is 62.1 Å². The highest BCUT2D eigenvalue weighted by atomic mass is 79.9. The van der Waals surface area contributed by atoms with Crippen molar-refractivity contribution in [3.05, 3.63) is 46.2 Å². The zero-order valence-corrected chi connectivity index (χ0v) is 14.4. The van der Waals surface area contributed by atoms with Crippen molar-refractivity contribution in [2.75, 3.05) is 11.4 Å². The van der Waals surface area contributed by atoms with E-state index in [9.17, 15) is 8.78 Å². The molecule has 1 N–H and O–H groups in total. The Bertz CT molecular complexity index is 1040. The van der Waals surface area contributed by atoms with E-state index >= 15 is 0 Å². The molecule has 4 heterocycles. The van der Waals surface area contributed by atoms with Crippen LogP contribution < -0.4 is 4.90 Å². The Balaban J connectivity index is 1.85. The molecule has 0 fully saturated rings. The zero-order chi connectivity index (χ0) is 17.1. The Kier molecular flexibility index (Phi) is 3.08. The second-order valence-corrected chi connectivity index (χ2v) is 6.75. The van der Waals surface area contributed by atoms with Crippen molar-refractivity contribution in [3.8, 4) is 11.3 Å². The van der Waals surface area contributed by atoms with Crippen LogP contribution in [0.1, 0.15) is 12.0 Å². The van der Waals surface area contributed by atoms with Crippen LogP contribution in [0.3, 0.4) is 0 Å². The molecule has 6 nitrogen and oxygen atoms in total. The summed E-state index contributed by atoms with van der Waals surface area (Å²) < 4.78 is 31.4. The number of nitrogens with zero attached hydrogens (tertiary/aromatic N) is 5. The average Bonchev–Trinajstić information content (AvgIpc) is 3.21. The second-order valence-electron chi connectivity index (χ2n) is 5.89. The van der Waals surface area contributed by atoms with Gasteiger partial charge in [0.25, 0.3) is 0 Å². The van der Waals surface area contributed by atoms with E-state index < -0.39 is 11.6 Å². The fourth-order valence-corrected chi connectivity index (χ4v) is 3.68. The number of nitrogens with one attached hydrogen (secondary N) is 1. The van der Waals surface area contributed by atoms with Gasteiger partial charge in [-0.25, -0.2) is 18.5 Å². The molecule has 0 saturated carbocycles. The molecule has 2 aromatic heterocycles. The number of amidine groups is 1. The molecular weight excluding hydrogens is 394 g/mol. The van der Waals surface area contributed by atoms with Crippen molar-refractivity contribution < 1.29 is 8.78 Å². The lowest BCUT2D eigenvalue weighted by molar-refractivity contribution is 0.542. The number of anilines is 1. The van der Waals surface area contributed by atoms with Gasteiger partial charge in [-0.05, 0) is 34.5 Å². The standard InChI is InChI=1S/C16H11BrF2N6/c17-9-2-3-10(18)12(13(9)19)15-22-11-7-20-23-14(11)8-6-21-25-5-1-4-24(15)16(8)25/h2-3,6-7H,1,4-5H2,(H,20,23). The Morgan fingerprint density at radius 3 is 2.92 bits per heavy atom. The first-order valence-electron chi connectivity index (χ1n) is 7.75. The van der Waals surface area contributed by atoms with Crippen LogP contribution in [0.2, 0.25) is 0 Å². The van der Waals surface area contributed by atoms with E-state index in [1.54, 1.807) is 12.4 Å². The summed E-state index contributed by atoms with van der Waals surface area (Å²) >= 11 is 3.13. The highest BCUT2D eigenvalue weighted by molar-refractivity contribution is 9.10. The first-order valence-corrected chi connectivity index (χ1v) is 8.54. The lowest BCUT2D eigenvalue weighted by atomic mass is 10.1. The number of aromatic nitrogens is 4. The van der Waals surface area contributed by atoms with Gasteiger partial charge in [0.15, 0.2) is 5.82 Å². The van der Waals surface area contributed by atoms with E-state index in [1.807, 2.05) is 9.58 Å². The largest absolute Gasteiger partial charge is 0.310 e. The number of halogens is 3. The molecule has 0 atom stereocenters. The minimum Gasteiger partial charge on any atom is -0.310 e. The van der Waals surface area contributed by atoms with Crippen LogP contribution in [-0.4, -0.2) is 32.4 Å². The number of fused-ring (bicyclic) bond motifs is 2. The van der Waals surface area contributed by atoms with Gasteiger partial charge in [-0.3, -0.25) is 5.10 Å². The predicted molar refractivity (Wildman–Crippen MR) is 92.0 cm³/mol. The normalized spacial score (nSPS) is 15.5. The predicted octanol–water partition coefficient (Wildman–Crippen LogP) is 3.62. The summed E-state index contributed by atoms with van der Waals surface area (Å²) in [6.07, 6.45) is 4.08. The van der Waals surface area contributed by atoms with Gasteiger partial charge >= 0.3 is 0 Å². The monoisotopic (exact) mass is 404 g/mol. The van der Waals surface area contributed by atoms with Crippen molar-refractivity contribution in [3.63, 3.8) is 0 Å². The highest BCUT2D eigenvalue weighted by Gasteiger charge is 2.34.